The van der Waals surface area contributed by atoms with Gasteiger partial charge in [0.15, 0.2) is 11.7 Å². The summed E-state index contributed by atoms with van der Waals surface area (Å²) in [6.07, 6.45) is 4.04. The molecule has 2 amide bonds. The van der Waals surface area contributed by atoms with Crippen LogP contribution >= 0.6 is 12.2 Å². The molecule has 0 heterocycles. The van der Waals surface area contributed by atoms with Crippen LogP contribution in [-0.4, -0.2) is 30.1 Å². The number of benzene rings is 2. The molecule has 3 N–H and O–H groups in total. The minimum Gasteiger partial charge on any atom is -0.493 e. The summed E-state index contributed by atoms with van der Waals surface area (Å²) in [4.78, 5) is 24.8. The second kappa shape index (κ2) is 14.1. The SMILES string of the molecule is CCCCCOc1ccccc1C(=O)NC(=S)NNC(=O)COc1ccccc1C(C)CC. The Bertz CT molecular complexity index is 935. The van der Waals surface area contributed by atoms with Crippen LogP contribution in [0.3, 0.4) is 0 Å². The molecule has 2 aromatic rings. The van der Waals surface area contributed by atoms with Crippen molar-refractivity contribution >= 4 is 29.1 Å². The number of hydrogen-bond donors (Lipinski definition) is 3. The van der Waals surface area contributed by atoms with Crippen molar-refractivity contribution in [3.63, 3.8) is 0 Å². The molecule has 0 saturated carbocycles. The van der Waals surface area contributed by atoms with E-state index in [-0.39, 0.29) is 11.7 Å². The predicted octanol–water partition coefficient (Wildman–Crippen LogP) is 4.48. The van der Waals surface area contributed by atoms with Crippen LogP contribution in [0.1, 0.15) is 68.3 Å². The van der Waals surface area contributed by atoms with E-state index in [0.29, 0.717) is 29.6 Å². The van der Waals surface area contributed by atoms with Gasteiger partial charge in [-0.2, -0.15) is 0 Å². The van der Waals surface area contributed by atoms with E-state index < -0.39 is 11.8 Å². The Morgan fingerprint density at radius 1 is 0.939 bits per heavy atom. The number of ether oxygens (including phenoxy) is 2. The number of carbonyl (C=O) groups is 2. The van der Waals surface area contributed by atoms with E-state index in [2.05, 4.69) is 36.9 Å². The fourth-order valence-electron chi connectivity index (χ4n) is 3.06. The molecule has 2 rings (SSSR count). The minimum absolute atomic E-state index is 0.0332. The van der Waals surface area contributed by atoms with Crippen LogP contribution < -0.4 is 25.6 Å². The molecular weight excluding hydrogens is 438 g/mol. The van der Waals surface area contributed by atoms with Gasteiger partial charge in [0, 0.05) is 0 Å². The van der Waals surface area contributed by atoms with E-state index >= 15 is 0 Å². The lowest BCUT2D eigenvalue weighted by Gasteiger charge is -2.16. The van der Waals surface area contributed by atoms with Gasteiger partial charge in [-0.1, -0.05) is 63.9 Å². The molecule has 0 bridgehead atoms. The summed E-state index contributed by atoms with van der Waals surface area (Å²) in [7, 11) is 0. The molecule has 1 unspecified atom stereocenters. The van der Waals surface area contributed by atoms with Crippen LogP contribution in [0.4, 0.5) is 0 Å². The first kappa shape index (κ1) is 26.1. The number of para-hydroxylation sites is 2. The van der Waals surface area contributed by atoms with Gasteiger partial charge >= 0.3 is 0 Å². The van der Waals surface area contributed by atoms with Gasteiger partial charge in [-0.25, -0.2) is 0 Å². The van der Waals surface area contributed by atoms with E-state index in [0.717, 1.165) is 31.2 Å². The zero-order chi connectivity index (χ0) is 24.1. The summed E-state index contributed by atoms with van der Waals surface area (Å²) in [5.74, 6) is 0.639. The number of rotatable bonds is 11. The van der Waals surface area contributed by atoms with Crippen LogP contribution in [-0.2, 0) is 4.79 Å². The third kappa shape index (κ3) is 8.73. The van der Waals surface area contributed by atoms with Crippen molar-refractivity contribution in [1.82, 2.24) is 16.2 Å². The van der Waals surface area contributed by atoms with E-state index in [4.69, 9.17) is 21.7 Å². The van der Waals surface area contributed by atoms with Gasteiger partial charge in [0.1, 0.15) is 11.5 Å². The monoisotopic (exact) mass is 471 g/mol. The van der Waals surface area contributed by atoms with Crippen molar-refractivity contribution < 1.29 is 19.1 Å². The molecule has 0 aliphatic rings. The van der Waals surface area contributed by atoms with Crippen molar-refractivity contribution in [2.45, 2.75) is 52.4 Å². The second-order valence-corrected chi connectivity index (χ2v) is 8.05. The smallest absolute Gasteiger partial charge is 0.276 e. The Balaban J connectivity index is 1.81. The summed E-state index contributed by atoms with van der Waals surface area (Å²) >= 11 is 5.12. The van der Waals surface area contributed by atoms with E-state index in [9.17, 15) is 9.59 Å². The number of hydrogen-bond acceptors (Lipinski definition) is 5. The number of thiocarbonyl (C=S) groups is 1. The Kier molecular flexibility index (Phi) is 11.2. The maximum Gasteiger partial charge on any atom is 0.276 e. The zero-order valence-corrected chi connectivity index (χ0v) is 20.3. The lowest BCUT2D eigenvalue weighted by molar-refractivity contribution is -0.123. The maximum absolute atomic E-state index is 12.6. The van der Waals surface area contributed by atoms with Crippen LogP contribution in [0.5, 0.6) is 11.5 Å². The fourth-order valence-corrected chi connectivity index (χ4v) is 3.20. The largest absolute Gasteiger partial charge is 0.493 e. The average molecular weight is 472 g/mol. The molecule has 1 atom stereocenters. The van der Waals surface area contributed by atoms with E-state index in [1.807, 2.05) is 30.3 Å². The molecule has 33 heavy (non-hydrogen) atoms. The van der Waals surface area contributed by atoms with Gasteiger partial charge in [0.2, 0.25) is 0 Å². The molecule has 7 nitrogen and oxygen atoms in total. The van der Waals surface area contributed by atoms with Gasteiger partial charge in [-0.3, -0.25) is 25.8 Å². The number of unbranched alkanes of at least 4 members (excludes halogenated alkanes) is 2. The predicted molar refractivity (Wildman–Crippen MR) is 133 cm³/mol. The number of nitrogens with one attached hydrogen (secondary N) is 3. The highest BCUT2D eigenvalue weighted by molar-refractivity contribution is 7.80. The highest BCUT2D eigenvalue weighted by Gasteiger charge is 2.15. The Labute approximate surface area is 201 Å². The average Bonchev–Trinajstić information content (AvgIpc) is 2.84. The van der Waals surface area contributed by atoms with Crippen LogP contribution in [0.15, 0.2) is 48.5 Å². The molecule has 8 heteroatoms. The van der Waals surface area contributed by atoms with Gasteiger partial charge in [-0.05, 0) is 54.7 Å². The fraction of sp³-hybridized carbons (Fsp3) is 0.400. The molecule has 0 aliphatic heterocycles. The first-order chi connectivity index (χ1) is 16.0. The normalized spacial score (nSPS) is 11.2. The summed E-state index contributed by atoms with van der Waals surface area (Å²) < 4.78 is 11.4. The standard InChI is InChI=1S/C25H33N3O4S/c1-4-6-11-16-31-22-15-10-8-13-20(22)24(30)26-25(33)28-27-23(29)17-32-21-14-9-7-12-19(21)18(3)5-2/h7-10,12-15,18H,4-6,11,16-17H2,1-3H3,(H,27,29)(H2,26,28,30,33). The van der Waals surface area contributed by atoms with Crippen molar-refractivity contribution in [2.75, 3.05) is 13.2 Å². The highest BCUT2D eigenvalue weighted by atomic mass is 32.1. The van der Waals surface area contributed by atoms with Gasteiger partial charge in [-0.15, -0.1) is 0 Å². The van der Waals surface area contributed by atoms with Crippen molar-refractivity contribution in [2.24, 2.45) is 0 Å². The number of amides is 2. The van der Waals surface area contributed by atoms with Crippen molar-refractivity contribution in [1.29, 1.82) is 0 Å². The highest BCUT2D eigenvalue weighted by Crippen LogP contribution is 2.28. The van der Waals surface area contributed by atoms with E-state index in [1.165, 1.54) is 0 Å². The third-order valence-electron chi connectivity index (χ3n) is 5.10. The molecule has 0 spiro atoms. The molecule has 0 aromatic heterocycles. The van der Waals surface area contributed by atoms with Gasteiger partial charge < -0.3 is 9.47 Å². The van der Waals surface area contributed by atoms with Gasteiger partial charge in [0.25, 0.3) is 11.8 Å². The van der Waals surface area contributed by atoms with Gasteiger partial charge in [0.05, 0.1) is 12.2 Å². The van der Waals surface area contributed by atoms with E-state index in [1.54, 1.807) is 18.2 Å². The molecule has 0 radical (unpaired) electrons. The molecule has 0 aliphatic carbocycles. The first-order valence-electron chi connectivity index (χ1n) is 11.3. The maximum atomic E-state index is 12.6. The minimum atomic E-state index is -0.426. The number of hydrazine groups is 1. The molecule has 0 saturated heterocycles. The van der Waals surface area contributed by atoms with Crippen LogP contribution in [0, 0.1) is 0 Å². The second-order valence-electron chi connectivity index (χ2n) is 7.64. The quantitative estimate of drug-likeness (QED) is 0.254. The third-order valence-corrected chi connectivity index (χ3v) is 5.30. The Morgan fingerprint density at radius 2 is 1.64 bits per heavy atom. The lowest BCUT2D eigenvalue weighted by Crippen LogP contribution is -2.49. The van der Waals surface area contributed by atoms with Crippen LogP contribution in [0.25, 0.3) is 0 Å². The topological polar surface area (TPSA) is 88.7 Å². The molecule has 0 fully saturated rings. The molecule has 178 valence electrons. The van der Waals surface area contributed by atoms with Crippen LogP contribution in [0.2, 0.25) is 0 Å². The first-order valence-corrected chi connectivity index (χ1v) is 11.7. The summed E-state index contributed by atoms with van der Waals surface area (Å²) in [5, 5.41) is 2.51. The lowest BCUT2D eigenvalue weighted by atomic mass is 9.98. The Hall–Kier alpha value is -3.13. The molecular formula is C25H33N3O4S. The Morgan fingerprint density at radius 3 is 2.36 bits per heavy atom. The summed E-state index contributed by atoms with van der Waals surface area (Å²) in [6.45, 7) is 6.68. The number of carbonyl (C=O) groups excluding carboxylic acids is 2. The van der Waals surface area contributed by atoms with Crippen molar-refractivity contribution in [3.05, 3.63) is 59.7 Å². The zero-order valence-electron chi connectivity index (χ0n) is 19.5. The van der Waals surface area contributed by atoms with Crippen molar-refractivity contribution in [3.8, 4) is 11.5 Å². The summed E-state index contributed by atoms with van der Waals surface area (Å²) in [5.41, 5.74) is 6.39. The molecule has 2 aromatic carbocycles. The summed E-state index contributed by atoms with van der Waals surface area (Å²) in [6, 6.07) is 14.6.